The van der Waals surface area contributed by atoms with Gasteiger partial charge < -0.3 is 11.1 Å². The van der Waals surface area contributed by atoms with Crippen LogP contribution in [0.2, 0.25) is 0 Å². The molecule has 3 N–H and O–H groups in total. The van der Waals surface area contributed by atoms with Gasteiger partial charge in [0.2, 0.25) is 0 Å². The van der Waals surface area contributed by atoms with E-state index in [4.69, 9.17) is 5.73 Å². The first-order valence-corrected chi connectivity index (χ1v) is 8.46. The molecule has 2 rings (SSSR count). The lowest BCUT2D eigenvalue weighted by molar-refractivity contribution is 0.0949. The van der Waals surface area contributed by atoms with Gasteiger partial charge in [0.1, 0.15) is 0 Å². The van der Waals surface area contributed by atoms with Crippen molar-refractivity contribution in [2.75, 3.05) is 18.5 Å². The van der Waals surface area contributed by atoms with E-state index in [1.165, 1.54) is 25.7 Å². The number of halogens is 1. The largest absolute Gasteiger partial charge is 0.398 e. The van der Waals surface area contributed by atoms with Crippen molar-refractivity contribution in [3.8, 4) is 0 Å². The number of hydrogen-bond donors (Lipinski definition) is 2. The van der Waals surface area contributed by atoms with E-state index < -0.39 is 0 Å². The van der Waals surface area contributed by atoms with Crippen LogP contribution in [0.4, 0.5) is 5.69 Å². The zero-order valence-corrected chi connectivity index (χ0v) is 13.4. The van der Waals surface area contributed by atoms with E-state index in [2.05, 4.69) is 27.5 Å². The van der Waals surface area contributed by atoms with Gasteiger partial charge in [-0.2, -0.15) is 11.8 Å². The normalized spacial score (nSPS) is 17.4. The molecular weight excluding hydrogens is 324 g/mol. The second kappa shape index (κ2) is 6.18. The van der Waals surface area contributed by atoms with Crippen LogP contribution in [0.25, 0.3) is 0 Å². The van der Waals surface area contributed by atoms with Gasteiger partial charge in [0.05, 0.1) is 0 Å². The Kier molecular flexibility index (Phi) is 4.79. The molecule has 3 nitrogen and oxygen atoms in total. The lowest BCUT2D eigenvalue weighted by Crippen LogP contribution is -2.38. The summed E-state index contributed by atoms with van der Waals surface area (Å²) in [5.74, 6) is -0.0421. The first-order valence-electron chi connectivity index (χ1n) is 6.45. The second-order valence-corrected chi connectivity index (χ2v) is 7.14. The molecule has 0 radical (unpaired) electrons. The summed E-state index contributed by atoms with van der Waals surface area (Å²) in [7, 11) is 0. The second-order valence-electron chi connectivity index (χ2n) is 5.01. The Hall–Kier alpha value is -0.680. The maximum atomic E-state index is 12.1. The van der Waals surface area contributed by atoms with Crippen LogP contribution in [0.3, 0.4) is 0 Å². The topological polar surface area (TPSA) is 55.1 Å². The molecule has 104 valence electrons. The van der Waals surface area contributed by atoms with Gasteiger partial charge >= 0.3 is 0 Å². The van der Waals surface area contributed by atoms with Crippen LogP contribution in [0.15, 0.2) is 22.7 Å². The number of amides is 1. The highest BCUT2D eigenvalue weighted by molar-refractivity contribution is 9.10. The highest BCUT2D eigenvalue weighted by Crippen LogP contribution is 2.39. The van der Waals surface area contributed by atoms with E-state index in [1.807, 2.05) is 17.8 Å². The van der Waals surface area contributed by atoms with Gasteiger partial charge in [0.25, 0.3) is 5.91 Å². The van der Waals surface area contributed by atoms with Crippen LogP contribution in [-0.2, 0) is 0 Å². The molecule has 1 aliphatic carbocycles. The number of nitrogen functional groups attached to an aromatic ring is 1. The molecule has 0 atom stereocenters. The summed E-state index contributed by atoms with van der Waals surface area (Å²) in [6.07, 6.45) is 7.05. The third-order valence-corrected chi connectivity index (χ3v) is 5.92. The smallest absolute Gasteiger partial charge is 0.251 e. The number of nitrogens with one attached hydrogen (secondary N) is 1. The van der Waals surface area contributed by atoms with E-state index in [9.17, 15) is 4.79 Å². The third-order valence-electron chi connectivity index (χ3n) is 3.78. The number of rotatable bonds is 4. The molecule has 5 heteroatoms. The fourth-order valence-electron chi connectivity index (χ4n) is 2.50. The van der Waals surface area contributed by atoms with Gasteiger partial charge in [-0.25, -0.2) is 0 Å². The molecule has 1 aromatic carbocycles. The first-order chi connectivity index (χ1) is 9.06. The van der Waals surface area contributed by atoms with Crippen LogP contribution in [-0.4, -0.2) is 23.5 Å². The highest BCUT2D eigenvalue weighted by atomic mass is 79.9. The van der Waals surface area contributed by atoms with Crippen LogP contribution >= 0.6 is 27.7 Å². The van der Waals surface area contributed by atoms with Gasteiger partial charge in [0.15, 0.2) is 0 Å². The van der Waals surface area contributed by atoms with Crippen molar-refractivity contribution >= 4 is 39.3 Å². The minimum absolute atomic E-state index is 0.0421. The average molecular weight is 343 g/mol. The molecule has 0 aromatic heterocycles. The Morgan fingerprint density at radius 2 is 2.16 bits per heavy atom. The van der Waals surface area contributed by atoms with Crippen molar-refractivity contribution in [3.63, 3.8) is 0 Å². The summed E-state index contributed by atoms with van der Waals surface area (Å²) < 4.78 is 1.05. The lowest BCUT2D eigenvalue weighted by Gasteiger charge is -2.26. The quantitative estimate of drug-likeness (QED) is 0.824. The number of hydrogen-bond acceptors (Lipinski definition) is 3. The van der Waals surface area contributed by atoms with E-state index in [1.54, 1.807) is 12.1 Å². The van der Waals surface area contributed by atoms with Crippen LogP contribution < -0.4 is 11.1 Å². The zero-order chi connectivity index (χ0) is 13.9. The van der Waals surface area contributed by atoms with Gasteiger partial charge in [-0.3, -0.25) is 4.79 Å². The summed E-state index contributed by atoms with van der Waals surface area (Å²) in [4.78, 5) is 12.1. The molecular formula is C14H19BrN2OS. The van der Waals surface area contributed by atoms with Crippen molar-refractivity contribution in [2.45, 2.75) is 30.4 Å². The van der Waals surface area contributed by atoms with Crippen molar-refractivity contribution in [3.05, 3.63) is 28.2 Å². The SMILES string of the molecule is CSC1(CNC(=O)c2ccc(Br)c(N)c2)CCCC1. The molecule has 1 aromatic rings. The molecule has 1 amide bonds. The maximum absolute atomic E-state index is 12.1. The Balaban J connectivity index is 1.99. The van der Waals surface area contributed by atoms with E-state index in [-0.39, 0.29) is 10.7 Å². The van der Waals surface area contributed by atoms with Crippen LogP contribution in [0, 0.1) is 0 Å². The lowest BCUT2D eigenvalue weighted by atomic mass is 10.1. The Bertz CT molecular complexity index is 473. The minimum Gasteiger partial charge on any atom is -0.398 e. The monoisotopic (exact) mass is 342 g/mol. The van der Waals surface area contributed by atoms with Crippen molar-refractivity contribution in [1.82, 2.24) is 5.32 Å². The third kappa shape index (κ3) is 3.45. The van der Waals surface area contributed by atoms with Crippen molar-refractivity contribution in [2.24, 2.45) is 0 Å². The summed E-state index contributed by atoms with van der Waals surface area (Å²) in [5.41, 5.74) is 7.01. The Morgan fingerprint density at radius 3 is 2.74 bits per heavy atom. The molecule has 1 saturated carbocycles. The number of thioether (sulfide) groups is 1. The number of nitrogens with two attached hydrogens (primary N) is 1. The molecule has 1 aliphatic rings. The molecule has 0 heterocycles. The molecule has 0 spiro atoms. The molecule has 1 fully saturated rings. The molecule has 0 unspecified atom stereocenters. The summed E-state index contributed by atoms with van der Waals surface area (Å²) >= 11 is 5.21. The summed E-state index contributed by atoms with van der Waals surface area (Å²) in [5, 5.41) is 3.05. The van der Waals surface area contributed by atoms with Crippen LogP contribution in [0.5, 0.6) is 0 Å². The van der Waals surface area contributed by atoms with E-state index in [0.29, 0.717) is 11.3 Å². The first kappa shape index (κ1) is 14.7. The van der Waals surface area contributed by atoms with Gasteiger partial charge in [-0.15, -0.1) is 0 Å². The average Bonchev–Trinajstić information content (AvgIpc) is 2.89. The van der Waals surface area contributed by atoms with Gasteiger partial charge in [-0.05, 0) is 53.2 Å². The molecule has 0 aliphatic heterocycles. The van der Waals surface area contributed by atoms with E-state index >= 15 is 0 Å². The Morgan fingerprint density at radius 1 is 1.47 bits per heavy atom. The van der Waals surface area contributed by atoms with E-state index in [0.717, 1.165) is 11.0 Å². The predicted molar refractivity (Wildman–Crippen MR) is 85.6 cm³/mol. The summed E-state index contributed by atoms with van der Waals surface area (Å²) in [6, 6.07) is 5.31. The number of carbonyl (C=O) groups is 1. The standard InChI is InChI=1S/C14H19BrN2OS/c1-19-14(6-2-3-7-14)9-17-13(18)10-4-5-11(15)12(16)8-10/h4-5,8H,2-3,6-7,9,16H2,1H3,(H,17,18). The van der Waals surface area contributed by atoms with Crippen molar-refractivity contribution in [1.29, 1.82) is 0 Å². The number of anilines is 1. The predicted octanol–water partition coefficient (Wildman–Crippen LogP) is 3.44. The Labute approximate surface area is 126 Å². The number of carbonyl (C=O) groups excluding carboxylic acids is 1. The number of benzene rings is 1. The van der Waals surface area contributed by atoms with Crippen LogP contribution in [0.1, 0.15) is 36.0 Å². The van der Waals surface area contributed by atoms with Crippen molar-refractivity contribution < 1.29 is 4.79 Å². The molecule has 19 heavy (non-hydrogen) atoms. The zero-order valence-electron chi connectivity index (χ0n) is 11.0. The highest BCUT2D eigenvalue weighted by Gasteiger charge is 2.33. The van der Waals surface area contributed by atoms with Gasteiger partial charge in [-0.1, -0.05) is 12.8 Å². The molecule has 0 bridgehead atoms. The summed E-state index contributed by atoms with van der Waals surface area (Å²) in [6.45, 7) is 0.739. The maximum Gasteiger partial charge on any atom is 0.251 e. The molecule has 0 saturated heterocycles. The fraction of sp³-hybridized carbons (Fsp3) is 0.500. The minimum atomic E-state index is -0.0421. The fourth-order valence-corrected chi connectivity index (χ4v) is 3.66. The van der Waals surface area contributed by atoms with Gasteiger partial charge in [0, 0.05) is 27.0 Å².